The van der Waals surface area contributed by atoms with Crippen LogP contribution in [0.15, 0.2) is 41.5 Å². The second-order valence-corrected chi connectivity index (χ2v) is 4.89. The van der Waals surface area contributed by atoms with Crippen molar-refractivity contribution in [2.45, 2.75) is 38.5 Å². The van der Waals surface area contributed by atoms with E-state index >= 15 is 0 Å². The highest BCUT2D eigenvalue weighted by Gasteiger charge is 2.18. The largest absolute Gasteiger partial charge is 0.265 e. The molecule has 1 heterocycles. The number of benzene rings is 1. The summed E-state index contributed by atoms with van der Waals surface area (Å²) in [7, 11) is 0. The molecular weight excluding hydrogens is 230 g/mol. The van der Waals surface area contributed by atoms with E-state index in [1.807, 2.05) is 18.3 Å². The van der Waals surface area contributed by atoms with Crippen molar-refractivity contribution in [3.63, 3.8) is 0 Å². The van der Waals surface area contributed by atoms with Gasteiger partial charge in [0.15, 0.2) is 0 Å². The molecule has 0 radical (unpaired) electrons. The molecule has 1 unspecified atom stereocenters. The SMILES string of the molecule is CCCCC1=NC=CCC1c1ccc(Cl)cc1. The smallest absolute Gasteiger partial charge is 0.0406 e. The lowest BCUT2D eigenvalue weighted by atomic mass is 9.87. The Morgan fingerprint density at radius 2 is 2.06 bits per heavy atom. The Balaban J connectivity index is 2.16. The predicted octanol–water partition coefficient (Wildman–Crippen LogP) is 4.97. The van der Waals surface area contributed by atoms with Crippen molar-refractivity contribution in [2.24, 2.45) is 4.99 Å². The lowest BCUT2D eigenvalue weighted by Crippen LogP contribution is -2.14. The maximum Gasteiger partial charge on any atom is 0.0406 e. The summed E-state index contributed by atoms with van der Waals surface area (Å²) in [6.45, 7) is 2.22. The van der Waals surface area contributed by atoms with Crippen LogP contribution in [0, 0.1) is 0 Å². The Morgan fingerprint density at radius 3 is 2.76 bits per heavy atom. The minimum absolute atomic E-state index is 0.448. The first-order valence-electron chi connectivity index (χ1n) is 6.28. The van der Waals surface area contributed by atoms with Gasteiger partial charge in [-0.15, -0.1) is 0 Å². The number of aliphatic imine (C=N–C) groups is 1. The lowest BCUT2D eigenvalue weighted by molar-refractivity contribution is 0.786. The average Bonchev–Trinajstić information content (AvgIpc) is 2.38. The standard InChI is InChI=1S/C15H18ClN/c1-2-3-6-15-14(5-4-11-17-15)12-7-9-13(16)10-8-12/h4,7-11,14H,2-3,5-6H2,1H3. The van der Waals surface area contributed by atoms with Crippen molar-refractivity contribution in [2.75, 3.05) is 0 Å². The Bertz CT molecular complexity index is 417. The quantitative estimate of drug-likeness (QED) is 0.712. The van der Waals surface area contributed by atoms with Crippen molar-refractivity contribution >= 4 is 17.3 Å². The number of unbranched alkanes of at least 4 members (excludes halogenated alkanes) is 1. The van der Waals surface area contributed by atoms with Gasteiger partial charge in [-0.05, 0) is 37.0 Å². The maximum atomic E-state index is 5.93. The Labute approximate surface area is 108 Å². The van der Waals surface area contributed by atoms with Crippen molar-refractivity contribution in [1.29, 1.82) is 0 Å². The third-order valence-electron chi connectivity index (χ3n) is 3.18. The fraction of sp³-hybridized carbons (Fsp3) is 0.400. The summed E-state index contributed by atoms with van der Waals surface area (Å²) in [4.78, 5) is 4.55. The molecule has 2 rings (SSSR count). The molecule has 2 heteroatoms. The number of rotatable bonds is 4. The van der Waals surface area contributed by atoms with Gasteiger partial charge in [0.2, 0.25) is 0 Å². The number of hydrogen-bond donors (Lipinski definition) is 0. The normalized spacial score (nSPS) is 19.2. The van der Waals surface area contributed by atoms with Gasteiger partial charge in [0.1, 0.15) is 0 Å². The number of hydrogen-bond acceptors (Lipinski definition) is 1. The summed E-state index contributed by atoms with van der Waals surface area (Å²) in [5.74, 6) is 0.448. The first-order chi connectivity index (χ1) is 8.31. The van der Waals surface area contributed by atoms with Crippen LogP contribution in [-0.4, -0.2) is 5.71 Å². The zero-order valence-electron chi connectivity index (χ0n) is 10.2. The summed E-state index contributed by atoms with van der Waals surface area (Å²) in [5.41, 5.74) is 2.64. The van der Waals surface area contributed by atoms with Gasteiger partial charge in [0, 0.05) is 22.9 Å². The van der Waals surface area contributed by atoms with Gasteiger partial charge in [-0.25, -0.2) is 0 Å². The van der Waals surface area contributed by atoms with E-state index < -0.39 is 0 Å². The molecule has 0 saturated heterocycles. The van der Waals surface area contributed by atoms with Crippen molar-refractivity contribution in [3.8, 4) is 0 Å². The second kappa shape index (κ2) is 6.02. The topological polar surface area (TPSA) is 12.4 Å². The van der Waals surface area contributed by atoms with E-state index in [-0.39, 0.29) is 0 Å². The second-order valence-electron chi connectivity index (χ2n) is 4.45. The molecule has 90 valence electrons. The van der Waals surface area contributed by atoms with Crippen LogP contribution in [0.3, 0.4) is 0 Å². The predicted molar refractivity (Wildman–Crippen MR) is 74.9 cm³/mol. The minimum Gasteiger partial charge on any atom is -0.265 e. The minimum atomic E-state index is 0.448. The van der Waals surface area contributed by atoms with E-state index in [2.05, 4.69) is 30.1 Å². The molecule has 1 atom stereocenters. The van der Waals surface area contributed by atoms with Crippen LogP contribution < -0.4 is 0 Å². The molecule has 0 spiro atoms. The Kier molecular flexibility index (Phi) is 4.38. The molecule has 1 aromatic rings. The van der Waals surface area contributed by atoms with E-state index in [9.17, 15) is 0 Å². The van der Waals surface area contributed by atoms with Crippen LogP contribution in [0.25, 0.3) is 0 Å². The molecule has 1 nitrogen and oxygen atoms in total. The number of halogens is 1. The third kappa shape index (κ3) is 3.19. The summed E-state index contributed by atoms with van der Waals surface area (Å²) < 4.78 is 0. The fourth-order valence-corrected chi connectivity index (χ4v) is 2.32. The molecule has 0 saturated carbocycles. The van der Waals surface area contributed by atoms with E-state index in [1.54, 1.807) is 0 Å². The molecule has 17 heavy (non-hydrogen) atoms. The average molecular weight is 248 g/mol. The zero-order chi connectivity index (χ0) is 12.1. The Hall–Kier alpha value is -1.08. The van der Waals surface area contributed by atoms with Crippen LogP contribution >= 0.6 is 11.6 Å². The van der Waals surface area contributed by atoms with Gasteiger partial charge < -0.3 is 0 Å². The zero-order valence-corrected chi connectivity index (χ0v) is 11.0. The van der Waals surface area contributed by atoms with E-state index in [4.69, 9.17) is 11.6 Å². The van der Waals surface area contributed by atoms with Crippen molar-refractivity contribution in [3.05, 3.63) is 47.1 Å². The molecule has 0 amide bonds. The molecular formula is C15H18ClN. The molecule has 1 aromatic carbocycles. The monoisotopic (exact) mass is 247 g/mol. The van der Waals surface area contributed by atoms with Crippen LogP contribution in [-0.2, 0) is 0 Å². The van der Waals surface area contributed by atoms with Crippen LogP contribution in [0.5, 0.6) is 0 Å². The fourth-order valence-electron chi connectivity index (χ4n) is 2.19. The van der Waals surface area contributed by atoms with E-state index in [1.165, 1.54) is 24.1 Å². The summed E-state index contributed by atoms with van der Waals surface area (Å²) in [5, 5.41) is 0.798. The molecule has 1 aliphatic rings. The highest BCUT2D eigenvalue weighted by molar-refractivity contribution is 6.30. The molecule has 0 aliphatic carbocycles. The maximum absolute atomic E-state index is 5.93. The van der Waals surface area contributed by atoms with Gasteiger partial charge in [-0.3, -0.25) is 4.99 Å². The van der Waals surface area contributed by atoms with Crippen molar-refractivity contribution in [1.82, 2.24) is 0 Å². The summed E-state index contributed by atoms with van der Waals surface area (Å²) in [6, 6.07) is 8.17. The first kappa shape index (κ1) is 12.4. The highest BCUT2D eigenvalue weighted by Crippen LogP contribution is 2.28. The third-order valence-corrected chi connectivity index (χ3v) is 3.43. The first-order valence-corrected chi connectivity index (χ1v) is 6.66. The van der Waals surface area contributed by atoms with Gasteiger partial charge in [0.05, 0.1) is 0 Å². The van der Waals surface area contributed by atoms with E-state index in [0.717, 1.165) is 17.9 Å². The molecule has 0 aromatic heterocycles. The highest BCUT2D eigenvalue weighted by atomic mass is 35.5. The molecule has 0 bridgehead atoms. The summed E-state index contributed by atoms with van der Waals surface area (Å²) >= 11 is 5.93. The molecule has 0 fully saturated rings. The van der Waals surface area contributed by atoms with Gasteiger partial charge in [-0.2, -0.15) is 0 Å². The van der Waals surface area contributed by atoms with Crippen LogP contribution in [0.2, 0.25) is 5.02 Å². The lowest BCUT2D eigenvalue weighted by Gasteiger charge is -2.20. The number of allylic oxidation sites excluding steroid dienone is 1. The number of nitrogens with zero attached hydrogens (tertiary/aromatic N) is 1. The molecule has 0 N–H and O–H groups in total. The summed E-state index contributed by atoms with van der Waals surface area (Å²) in [6.07, 6.45) is 8.69. The Morgan fingerprint density at radius 1 is 1.29 bits per heavy atom. The molecule has 1 aliphatic heterocycles. The van der Waals surface area contributed by atoms with Gasteiger partial charge in [0.25, 0.3) is 0 Å². The van der Waals surface area contributed by atoms with Gasteiger partial charge in [-0.1, -0.05) is 43.2 Å². The van der Waals surface area contributed by atoms with Crippen molar-refractivity contribution < 1.29 is 0 Å². The van der Waals surface area contributed by atoms with Crippen LogP contribution in [0.1, 0.15) is 44.1 Å². The van der Waals surface area contributed by atoms with Gasteiger partial charge >= 0.3 is 0 Å². The van der Waals surface area contributed by atoms with E-state index in [0.29, 0.717) is 5.92 Å². The van der Waals surface area contributed by atoms with Crippen LogP contribution in [0.4, 0.5) is 0 Å².